The molecule has 274 valence electrons. The summed E-state index contributed by atoms with van der Waals surface area (Å²) >= 11 is 6.48. The number of esters is 1. The van der Waals surface area contributed by atoms with Crippen LogP contribution in [0.15, 0.2) is 48.6 Å². The number of aryl methyl sites for hydroxylation is 1. The van der Waals surface area contributed by atoms with Crippen molar-refractivity contribution in [1.29, 1.82) is 0 Å². The van der Waals surface area contributed by atoms with E-state index in [0.717, 1.165) is 74.5 Å². The average molecular weight is 743 g/mol. The van der Waals surface area contributed by atoms with Crippen LogP contribution in [-0.4, -0.2) is 61.4 Å². The zero-order valence-corrected chi connectivity index (χ0v) is 33.1. The highest BCUT2D eigenvalue weighted by atomic mass is 35.5. The normalized spacial score (nSPS) is 27.4. The van der Waals surface area contributed by atoms with Crippen molar-refractivity contribution < 1.29 is 27.1 Å². The minimum absolute atomic E-state index is 0.0307. The van der Waals surface area contributed by atoms with Gasteiger partial charge in [-0.2, -0.15) is 0 Å². The van der Waals surface area contributed by atoms with Crippen LogP contribution in [0.3, 0.4) is 0 Å². The number of fused-ring (bicyclic) bond motifs is 3. The monoisotopic (exact) mass is 742 g/mol. The van der Waals surface area contributed by atoms with Gasteiger partial charge in [-0.25, -0.2) is 18.4 Å². The number of halogens is 1. The molecule has 1 unspecified atom stereocenters. The Balaban J connectivity index is 1.32. The summed E-state index contributed by atoms with van der Waals surface area (Å²) in [7, 11) is -4.25. The summed E-state index contributed by atoms with van der Waals surface area (Å²) in [6.07, 6.45) is 11.5. The van der Waals surface area contributed by atoms with Crippen molar-refractivity contribution in [3.05, 3.63) is 70.3 Å². The molecule has 2 fully saturated rings. The summed E-state index contributed by atoms with van der Waals surface area (Å²) in [6.45, 7) is 13.6. The lowest BCUT2D eigenvalue weighted by Gasteiger charge is -2.48. The maximum atomic E-state index is 12.7. The molecule has 0 radical (unpaired) electrons. The van der Waals surface area contributed by atoms with Crippen molar-refractivity contribution >= 4 is 41.6 Å². The van der Waals surface area contributed by atoms with E-state index in [-0.39, 0.29) is 40.1 Å². The molecule has 3 aliphatic carbocycles. The topological polar surface area (TPSA) is 108 Å². The fraction of sp³-hybridized carbons (Fsp3) is 0.615. The van der Waals surface area contributed by atoms with Crippen LogP contribution in [0.25, 0.3) is 0 Å². The number of anilines is 1. The van der Waals surface area contributed by atoms with Gasteiger partial charge in [0, 0.05) is 23.5 Å². The number of hydrogen-bond acceptors (Lipinski definition) is 7. The molecule has 2 aromatic carbocycles. The minimum Gasteiger partial charge on any atom is -0.490 e. The SMILES string of the molecule is COC(=O)c1ccc2c(c1)N(C[C@@H]1CC[C@H]1C(/C=C\[C@H]1CC[C@@H]1CS(N)(=O)=O)O[Si](C)(C)C(C)(C)C)C[C@@]1(CCCc3cc(Cl)ccc31)CO2. The van der Waals surface area contributed by atoms with Crippen LogP contribution in [0.4, 0.5) is 5.69 Å². The molecule has 6 rings (SSSR count). The molecule has 0 bridgehead atoms. The lowest BCUT2D eigenvalue weighted by atomic mass is 9.68. The first-order valence-electron chi connectivity index (χ1n) is 18.2. The highest BCUT2D eigenvalue weighted by molar-refractivity contribution is 7.89. The van der Waals surface area contributed by atoms with E-state index < -0.39 is 18.3 Å². The first-order valence-corrected chi connectivity index (χ1v) is 23.2. The first kappa shape index (κ1) is 37.4. The Hall–Kier alpha value is -2.37. The molecule has 8 nitrogen and oxygen atoms in total. The fourth-order valence-electron chi connectivity index (χ4n) is 8.29. The lowest BCUT2D eigenvalue weighted by Crippen LogP contribution is -2.52. The van der Waals surface area contributed by atoms with Gasteiger partial charge >= 0.3 is 5.97 Å². The first-order chi connectivity index (χ1) is 23.5. The Kier molecular flexibility index (Phi) is 10.6. The maximum Gasteiger partial charge on any atom is 0.337 e. The van der Waals surface area contributed by atoms with Crippen molar-refractivity contribution in [2.45, 2.75) is 95.4 Å². The number of benzene rings is 2. The highest BCUT2D eigenvalue weighted by Crippen LogP contribution is 2.48. The van der Waals surface area contributed by atoms with Crippen molar-refractivity contribution in [3.63, 3.8) is 0 Å². The molecule has 4 aliphatic rings. The Morgan fingerprint density at radius 3 is 2.54 bits per heavy atom. The average Bonchev–Trinajstić information content (AvgIpc) is 3.16. The molecule has 1 aliphatic heterocycles. The number of carbonyl (C=O) groups is 1. The van der Waals surface area contributed by atoms with Gasteiger partial charge < -0.3 is 18.8 Å². The van der Waals surface area contributed by atoms with Crippen LogP contribution >= 0.6 is 11.6 Å². The second-order valence-corrected chi connectivity index (χ2v) is 23.7. The van der Waals surface area contributed by atoms with Crippen LogP contribution in [0.5, 0.6) is 5.75 Å². The largest absolute Gasteiger partial charge is 0.490 e. The van der Waals surface area contributed by atoms with Crippen molar-refractivity contribution in [2.24, 2.45) is 28.8 Å². The smallest absolute Gasteiger partial charge is 0.337 e. The summed E-state index contributed by atoms with van der Waals surface area (Å²) in [4.78, 5) is 15.2. The van der Waals surface area contributed by atoms with Gasteiger partial charge in [0.15, 0.2) is 8.32 Å². The summed E-state index contributed by atoms with van der Waals surface area (Å²) in [5.41, 5.74) is 3.81. The molecule has 50 heavy (non-hydrogen) atoms. The molecule has 1 spiro atoms. The van der Waals surface area contributed by atoms with Crippen LogP contribution in [-0.2, 0) is 31.0 Å². The molecule has 2 saturated carbocycles. The Morgan fingerprint density at radius 1 is 1.14 bits per heavy atom. The molecular formula is C39H55ClN2O6SSi. The second kappa shape index (κ2) is 14.2. The number of nitrogens with zero attached hydrogens (tertiary/aromatic N) is 1. The predicted octanol–water partition coefficient (Wildman–Crippen LogP) is 7.89. The molecular weight excluding hydrogens is 688 g/mol. The molecule has 11 heteroatoms. The molecule has 1 heterocycles. The number of nitrogens with two attached hydrogens (primary N) is 1. The van der Waals surface area contributed by atoms with Crippen LogP contribution in [0.2, 0.25) is 23.2 Å². The van der Waals surface area contributed by atoms with Gasteiger partial charge in [0.2, 0.25) is 10.0 Å². The van der Waals surface area contributed by atoms with E-state index in [1.807, 2.05) is 18.2 Å². The lowest BCUT2D eigenvalue weighted by molar-refractivity contribution is 0.0519. The number of ether oxygens (including phenoxy) is 2. The molecule has 0 amide bonds. The number of carbonyl (C=O) groups excluding carboxylic acids is 1. The Morgan fingerprint density at radius 2 is 1.90 bits per heavy atom. The van der Waals surface area contributed by atoms with E-state index in [0.29, 0.717) is 24.0 Å². The molecule has 0 saturated heterocycles. The van der Waals surface area contributed by atoms with Crippen LogP contribution in [0, 0.1) is 23.7 Å². The third-order valence-corrected chi connectivity index (χ3v) is 18.1. The number of sulfonamides is 1. The van der Waals surface area contributed by atoms with Crippen LogP contribution < -0.4 is 14.8 Å². The summed E-state index contributed by atoms with van der Waals surface area (Å²) in [5.74, 6) is 1.37. The maximum absolute atomic E-state index is 12.7. The van der Waals surface area contributed by atoms with Crippen molar-refractivity contribution in [2.75, 3.05) is 37.5 Å². The van der Waals surface area contributed by atoms with Gasteiger partial charge in [0.25, 0.3) is 0 Å². The minimum atomic E-state index is -3.52. The fourth-order valence-corrected chi connectivity index (χ4v) is 10.8. The Labute approximate surface area is 305 Å². The summed E-state index contributed by atoms with van der Waals surface area (Å²) in [5, 5.41) is 6.23. The van der Waals surface area contributed by atoms with Gasteiger partial charge in [-0.1, -0.05) is 50.6 Å². The van der Waals surface area contributed by atoms with Gasteiger partial charge in [0.1, 0.15) is 5.75 Å². The number of primary sulfonamides is 1. The Bertz CT molecular complexity index is 1730. The number of methoxy groups -OCH3 is 1. The molecule has 6 atom stereocenters. The molecule has 2 N–H and O–H groups in total. The number of rotatable bonds is 10. The molecule has 0 aromatic heterocycles. The van der Waals surface area contributed by atoms with E-state index in [9.17, 15) is 13.2 Å². The second-order valence-electron chi connectivity index (χ2n) is 16.8. The standard InChI is InChI=1S/C39H55ClN2O6SSi/c1-38(2,3)50(5,6)48-35(17-12-26-9-10-30(26)23-49(41,44)45)32-15-11-29(32)22-42-24-39(19-7-8-27-20-31(40)14-16-33(27)39)25-47-36-18-13-28(21-34(36)42)37(43)46-4/h12-14,16-18,20-21,26,29-30,32,35H,7-11,15,19,22-25H2,1-6H3,(H2,41,44,45)/b17-12-/t26-,29+,30-,32-,35?,39+/m1/s1. The quantitative estimate of drug-likeness (QED) is 0.150. The van der Waals surface area contributed by atoms with Crippen LogP contribution in [0.1, 0.15) is 80.8 Å². The van der Waals surface area contributed by atoms with Gasteiger partial charge in [-0.3, -0.25) is 0 Å². The van der Waals surface area contributed by atoms with E-state index >= 15 is 0 Å². The highest BCUT2D eigenvalue weighted by Gasteiger charge is 2.47. The van der Waals surface area contributed by atoms with Crippen molar-refractivity contribution in [1.82, 2.24) is 0 Å². The predicted molar refractivity (Wildman–Crippen MR) is 203 cm³/mol. The van der Waals surface area contributed by atoms with Gasteiger partial charge in [-0.15, -0.1) is 0 Å². The van der Waals surface area contributed by atoms with E-state index in [2.05, 4.69) is 63.0 Å². The van der Waals surface area contributed by atoms with E-state index in [1.165, 1.54) is 18.2 Å². The number of hydrogen-bond donors (Lipinski definition) is 1. The zero-order chi connectivity index (χ0) is 36.1. The zero-order valence-electron chi connectivity index (χ0n) is 30.5. The van der Waals surface area contributed by atoms with E-state index in [4.69, 9.17) is 30.6 Å². The van der Waals surface area contributed by atoms with Gasteiger partial charge in [0.05, 0.1) is 36.8 Å². The third-order valence-electron chi connectivity index (χ3n) is 12.5. The summed E-state index contributed by atoms with van der Waals surface area (Å²) < 4.78 is 42.7. The third kappa shape index (κ3) is 7.84. The van der Waals surface area contributed by atoms with Crippen molar-refractivity contribution in [3.8, 4) is 5.75 Å². The van der Waals surface area contributed by atoms with Gasteiger partial charge in [-0.05, 0) is 128 Å². The number of allylic oxidation sites excluding steroid dienone is 1. The van der Waals surface area contributed by atoms with E-state index in [1.54, 1.807) is 6.07 Å². The molecule has 2 aromatic rings. The summed E-state index contributed by atoms with van der Waals surface area (Å²) in [6, 6.07) is 11.9.